The Morgan fingerprint density at radius 3 is 2.60 bits per heavy atom. The van der Waals surface area contributed by atoms with E-state index >= 15 is 0 Å². The summed E-state index contributed by atoms with van der Waals surface area (Å²) >= 11 is 0. The summed E-state index contributed by atoms with van der Waals surface area (Å²) in [5.41, 5.74) is 0. The largest absolute Gasteiger partial charge is 0.317 e. The van der Waals surface area contributed by atoms with Crippen LogP contribution in [-0.2, 0) is 9.59 Å². The van der Waals surface area contributed by atoms with E-state index in [4.69, 9.17) is 0 Å². The average Bonchev–Trinajstić information content (AvgIpc) is 2.40. The van der Waals surface area contributed by atoms with E-state index in [1.54, 1.807) is 6.92 Å². The van der Waals surface area contributed by atoms with Gasteiger partial charge in [0.25, 0.3) is 0 Å². The van der Waals surface area contributed by atoms with Crippen LogP contribution >= 0.6 is 0 Å². The first-order chi connectivity index (χ1) is 9.63. The van der Waals surface area contributed by atoms with E-state index in [-0.39, 0.29) is 11.7 Å². The van der Waals surface area contributed by atoms with E-state index in [0.717, 1.165) is 58.2 Å². The van der Waals surface area contributed by atoms with Crippen molar-refractivity contribution in [2.45, 2.75) is 52.4 Å². The van der Waals surface area contributed by atoms with Crippen LogP contribution in [0.5, 0.6) is 0 Å². The van der Waals surface area contributed by atoms with Gasteiger partial charge in [0.1, 0.15) is 11.6 Å². The Hall–Kier alpha value is -0.740. The fourth-order valence-corrected chi connectivity index (χ4v) is 2.82. The van der Waals surface area contributed by atoms with Gasteiger partial charge in [-0.15, -0.1) is 0 Å². The summed E-state index contributed by atoms with van der Waals surface area (Å²) in [6, 6.07) is 0. The van der Waals surface area contributed by atoms with Crippen LogP contribution in [0.2, 0.25) is 0 Å². The van der Waals surface area contributed by atoms with Crippen LogP contribution < -0.4 is 5.32 Å². The van der Waals surface area contributed by atoms with E-state index in [9.17, 15) is 9.59 Å². The van der Waals surface area contributed by atoms with Gasteiger partial charge in [-0.3, -0.25) is 14.5 Å². The molecular weight excluding hydrogens is 252 g/mol. The molecule has 1 N–H and O–H groups in total. The zero-order chi connectivity index (χ0) is 14.8. The van der Waals surface area contributed by atoms with Gasteiger partial charge < -0.3 is 5.32 Å². The van der Waals surface area contributed by atoms with Crippen LogP contribution in [0.25, 0.3) is 0 Å². The van der Waals surface area contributed by atoms with Gasteiger partial charge in [0.2, 0.25) is 0 Å². The molecule has 0 aromatic heterocycles. The first-order valence-electron chi connectivity index (χ1n) is 8.08. The Kier molecular flexibility index (Phi) is 8.70. The third kappa shape index (κ3) is 7.15. The van der Waals surface area contributed by atoms with Gasteiger partial charge in [0.15, 0.2) is 0 Å². The molecule has 20 heavy (non-hydrogen) atoms. The van der Waals surface area contributed by atoms with Crippen LogP contribution in [0, 0.1) is 5.92 Å². The highest BCUT2D eigenvalue weighted by Crippen LogP contribution is 2.15. The number of ketones is 2. The maximum absolute atomic E-state index is 12.4. The van der Waals surface area contributed by atoms with Crippen molar-refractivity contribution in [1.29, 1.82) is 0 Å². The smallest absolute Gasteiger partial charge is 0.149 e. The lowest BCUT2D eigenvalue weighted by atomic mass is 9.94. The van der Waals surface area contributed by atoms with Crippen LogP contribution in [0.1, 0.15) is 52.4 Å². The predicted molar refractivity (Wildman–Crippen MR) is 81.9 cm³/mol. The van der Waals surface area contributed by atoms with Crippen LogP contribution in [-0.4, -0.2) is 49.2 Å². The van der Waals surface area contributed by atoms with Crippen molar-refractivity contribution in [2.75, 3.05) is 32.7 Å². The number of nitrogens with one attached hydrogen (secondary N) is 1. The monoisotopic (exact) mass is 282 g/mol. The lowest BCUT2D eigenvalue weighted by Gasteiger charge is -2.22. The first-order valence-corrected chi connectivity index (χ1v) is 8.08. The number of nitrogens with zero attached hydrogens (tertiary/aromatic N) is 1. The standard InChI is InChI=1S/C16H30N2O2/c1-3-15-8-4-5-9-17-10-6-7-11-18(12-14(2)19)13-16(15)20/h15,17H,3-13H2,1-2H3/t15-/m0/s1. The summed E-state index contributed by atoms with van der Waals surface area (Å²) in [5.74, 6) is 0.638. The highest BCUT2D eigenvalue weighted by atomic mass is 16.1. The van der Waals surface area contributed by atoms with E-state index in [1.165, 1.54) is 0 Å². The Morgan fingerprint density at radius 1 is 1.25 bits per heavy atom. The fraction of sp³-hybridized carbons (Fsp3) is 0.875. The Balaban J connectivity index is 2.60. The molecule has 4 nitrogen and oxygen atoms in total. The third-order valence-corrected chi connectivity index (χ3v) is 4.01. The van der Waals surface area contributed by atoms with Gasteiger partial charge in [0.05, 0.1) is 13.1 Å². The second-order valence-electron chi connectivity index (χ2n) is 5.94. The van der Waals surface area contributed by atoms with E-state index < -0.39 is 0 Å². The molecule has 1 fully saturated rings. The van der Waals surface area contributed by atoms with Crippen molar-refractivity contribution in [3.05, 3.63) is 0 Å². The molecule has 0 aromatic rings. The fourth-order valence-electron chi connectivity index (χ4n) is 2.82. The molecule has 1 aliphatic rings. The third-order valence-electron chi connectivity index (χ3n) is 4.01. The van der Waals surface area contributed by atoms with E-state index in [1.807, 2.05) is 4.90 Å². The summed E-state index contributed by atoms with van der Waals surface area (Å²) in [6.07, 6.45) is 6.33. The quantitative estimate of drug-likeness (QED) is 0.860. The van der Waals surface area contributed by atoms with Crippen molar-refractivity contribution in [2.24, 2.45) is 5.92 Å². The normalized spacial score (nSPS) is 24.5. The molecule has 1 heterocycles. The highest BCUT2D eigenvalue weighted by molar-refractivity contribution is 5.84. The van der Waals surface area contributed by atoms with Gasteiger partial charge in [-0.05, 0) is 58.7 Å². The molecule has 0 unspecified atom stereocenters. The molecule has 0 aliphatic carbocycles. The molecule has 1 rings (SSSR count). The summed E-state index contributed by atoms with van der Waals surface area (Å²) in [7, 11) is 0. The molecule has 0 aromatic carbocycles. The summed E-state index contributed by atoms with van der Waals surface area (Å²) in [4.78, 5) is 25.7. The summed E-state index contributed by atoms with van der Waals surface area (Å²) in [6.45, 7) is 7.50. The predicted octanol–water partition coefficient (Wildman–Crippen LogP) is 2.03. The molecular formula is C16H30N2O2. The molecule has 1 saturated heterocycles. The Morgan fingerprint density at radius 2 is 1.95 bits per heavy atom. The highest BCUT2D eigenvalue weighted by Gasteiger charge is 2.20. The number of rotatable bonds is 3. The number of hydrogen-bond acceptors (Lipinski definition) is 4. The lowest BCUT2D eigenvalue weighted by Crippen LogP contribution is -2.37. The molecule has 4 heteroatoms. The van der Waals surface area contributed by atoms with Gasteiger partial charge >= 0.3 is 0 Å². The van der Waals surface area contributed by atoms with Gasteiger partial charge in [-0.1, -0.05) is 13.3 Å². The molecule has 0 amide bonds. The van der Waals surface area contributed by atoms with Crippen LogP contribution in [0.15, 0.2) is 0 Å². The Labute approximate surface area is 123 Å². The van der Waals surface area contributed by atoms with Crippen LogP contribution in [0.4, 0.5) is 0 Å². The molecule has 116 valence electrons. The first kappa shape index (κ1) is 17.3. The SMILES string of the molecule is CC[C@H]1CCCCNCCCCN(CC(C)=O)CC1=O. The summed E-state index contributed by atoms with van der Waals surface area (Å²) < 4.78 is 0. The number of hydrogen-bond donors (Lipinski definition) is 1. The zero-order valence-corrected chi connectivity index (χ0v) is 13.1. The topological polar surface area (TPSA) is 49.4 Å². The minimum absolute atomic E-state index is 0.147. The molecule has 0 saturated carbocycles. The van der Waals surface area contributed by atoms with Crippen molar-refractivity contribution in [1.82, 2.24) is 10.2 Å². The summed E-state index contributed by atoms with van der Waals surface area (Å²) in [5, 5.41) is 3.45. The second-order valence-corrected chi connectivity index (χ2v) is 5.94. The van der Waals surface area contributed by atoms with Crippen molar-refractivity contribution < 1.29 is 9.59 Å². The molecule has 0 radical (unpaired) electrons. The molecule has 0 bridgehead atoms. The Bertz CT molecular complexity index is 305. The number of carbonyl (C=O) groups excluding carboxylic acids is 2. The van der Waals surface area contributed by atoms with Gasteiger partial charge in [-0.2, -0.15) is 0 Å². The van der Waals surface area contributed by atoms with Crippen LogP contribution in [0.3, 0.4) is 0 Å². The molecule has 1 atom stereocenters. The average molecular weight is 282 g/mol. The minimum Gasteiger partial charge on any atom is -0.317 e. The maximum atomic E-state index is 12.4. The number of Topliss-reactive ketones (excluding diaryl/α,β-unsaturated/α-hetero) is 2. The van der Waals surface area contributed by atoms with Crippen molar-refractivity contribution >= 4 is 11.6 Å². The molecule has 1 aliphatic heterocycles. The van der Waals surface area contributed by atoms with Crippen molar-refractivity contribution in [3.8, 4) is 0 Å². The van der Waals surface area contributed by atoms with Gasteiger partial charge in [-0.25, -0.2) is 0 Å². The lowest BCUT2D eigenvalue weighted by molar-refractivity contribution is -0.125. The maximum Gasteiger partial charge on any atom is 0.149 e. The van der Waals surface area contributed by atoms with E-state index in [2.05, 4.69) is 12.2 Å². The van der Waals surface area contributed by atoms with Crippen molar-refractivity contribution in [3.63, 3.8) is 0 Å². The number of carbonyl (C=O) groups is 2. The van der Waals surface area contributed by atoms with E-state index in [0.29, 0.717) is 18.9 Å². The molecule has 0 spiro atoms. The second kappa shape index (κ2) is 10.1. The zero-order valence-electron chi connectivity index (χ0n) is 13.1. The minimum atomic E-state index is 0.147. The van der Waals surface area contributed by atoms with Gasteiger partial charge in [0, 0.05) is 5.92 Å².